The lowest BCUT2D eigenvalue weighted by atomic mass is 9.89. The molecule has 1 atom stereocenters. The van der Waals surface area contributed by atoms with Crippen molar-refractivity contribution >= 4 is 0 Å². The molecule has 398 valence electrons. The predicted molar refractivity (Wildman–Crippen MR) is 299 cm³/mol. The van der Waals surface area contributed by atoms with Gasteiger partial charge in [0.25, 0.3) is 0 Å². The number of unbranched alkanes of at least 4 members (excludes halogenated alkanes) is 37. The van der Waals surface area contributed by atoms with Crippen LogP contribution in [0.3, 0.4) is 0 Å². The van der Waals surface area contributed by atoms with Crippen LogP contribution in [0.15, 0.2) is 0 Å². The van der Waals surface area contributed by atoms with Crippen LogP contribution in [0.4, 0.5) is 0 Å². The molecule has 0 saturated heterocycles. The Hall–Kier alpha value is -0.160. The van der Waals surface area contributed by atoms with E-state index in [9.17, 15) is 5.11 Å². The van der Waals surface area contributed by atoms with Gasteiger partial charge >= 0.3 is 0 Å². The summed E-state index contributed by atoms with van der Waals surface area (Å²) in [6.45, 7) is 19.9. The molecular formula is C62H128N2O2. The van der Waals surface area contributed by atoms with Crippen LogP contribution in [0.5, 0.6) is 0 Å². The Kier molecular flexibility index (Phi) is 57.3. The van der Waals surface area contributed by atoms with Crippen LogP contribution < -0.4 is 0 Å². The van der Waals surface area contributed by atoms with Crippen LogP contribution in [0, 0.1) is 5.92 Å². The maximum Gasteiger partial charge on any atom is 0.0793 e. The second kappa shape index (κ2) is 57.4. The van der Waals surface area contributed by atoms with Crippen molar-refractivity contribution in [2.45, 2.75) is 343 Å². The molecular weight excluding hydrogens is 805 g/mol. The number of nitrogens with zero attached hydrogens (tertiary/aromatic N) is 2. The first-order valence-electron chi connectivity index (χ1n) is 31.3. The first kappa shape index (κ1) is 65.8. The first-order valence-corrected chi connectivity index (χ1v) is 31.3. The standard InChI is InChI=1S/C62H128N2O2/c1-6-11-16-21-30-39-48-57-66-58-49-40-31-29-38-47-56-64(54-45-36-25-20-15-10-5)60-62(65)59-63(53-44-35-24-19-14-9-4)55-46-37-28-26-27-34-43-52-61(50-41-32-22-17-12-7-2)51-42-33-23-18-13-8-3/h61-62,65H,6-60H2,1-5H3. The molecule has 0 aliphatic heterocycles. The van der Waals surface area contributed by atoms with Gasteiger partial charge in [0.1, 0.15) is 0 Å². The van der Waals surface area contributed by atoms with Gasteiger partial charge in [-0.1, -0.05) is 298 Å². The molecule has 0 amide bonds. The molecule has 0 aromatic heterocycles. The topological polar surface area (TPSA) is 35.9 Å². The number of aliphatic hydroxyl groups excluding tert-OH is 1. The average molecular weight is 934 g/mol. The van der Waals surface area contributed by atoms with E-state index in [1.165, 1.54) is 315 Å². The maximum atomic E-state index is 11.6. The van der Waals surface area contributed by atoms with Gasteiger partial charge in [-0.3, -0.25) is 0 Å². The summed E-state index contributed by atoms with van der Waals surface area (Å²) in [4.78, 5) is 5.32. The lowest BCUT2D eigenvalue weighted by Crippen LogP contribution is -2.41. The van der Waals surface area contributed by atoms with E-state index < -0.39 is 0 Å². The Labute approximate surface area is 418 Å². The first-order chi connectivity index (χ1) is 32.6. The monoisotopic (exact) mass is 933 g/mol. The summed E-state index contributed by atoms with van der Waals surface area (Å²) in [6.07, 6.45) is 64.9. The third-order valence-corrected chi connectivity index (χ3v) is 15.0. The van der Waals surface area contributed by atoms with E-state index in [2.05, 4.69) is 44.4 Å². The minimum absolute atomic E-state index is 0.239. The molecule has 4 heteroatoms. The summed E-state index contributed by atoms with van der Waals surface area (Å²) in [5.41, 5.74) is 0. The van der Waals surface area contributed by atoms with Gasteiger partial charge in [0.2, 0.25) is 0 Å². The van der Waals surface area contributed by atoms with Crippen LogP contribution in [-0.4, -0.2) is 73.5 Å². The lowest BCUT2D eigenvalue weighted by molar-refractivity contribution is 0.0707. The molecule has 0 radical (unpaired) electrons. The molecule has 0 rings (SSSR count). The summed E-state index contributed by atoms with van der Waals surface area (Å²) in [6, 6.07) is 0. The summed E-state index contributed by atoms with van der Waals surface area (Å²) in [5.74, 6) is 0.994. The molecule has 4 nitrogen and oxygen atoms in total. The Morgan fingerprint density at radius 1 is 0.273 bits per heavy atom. The molecule has 0 heterocycles. The van der Waals surface area contributed by atoms with E-state index in [1.54, 1.807) is 0 Å². The molecule has 0 bridgehead atoms. The van der Waals surface area contributed by atoms with E-state index in [-0.39, 0.29) is 6.10 Å². The molecule has 1 N–H and O–H groups in total. The zero-order valence-corrected chi connectivity index (χ0v) is 46.8. The summed E-state index contributed by atoms with van der Waals surface area (Å²) in [5, 5.41) is 11.6. The van der Waals surface area contributed by atoms with Gasteiger partial charge in [-0.15, -0.1) is 0 Å². The van der Waals surface area contributed by atoms with E-state index in [0.717, 1.165) is 45.3 Å². The predicted octanol–water partition coefficient (Wildman–Crippen LogP) is 20.0. The second-order valence-corrected chi connectivity index (χ2v) is 21.9. The highest BCUT2D eigenvalue weighted by molar-refractivity contribution is 4.71. The molecule has 0 aromatic rings. The largest absolute Gasteiger partial charge is 0.390 e. The number of aliphatic hydroxyl groups is 1. The van der Waals surface area contributed by atoms with E-state index in [0.29, 0.717) is 0 Å². The van der Waals surface area contributed by atoms with Crippen molar-refractivity contribution in [3.05, 3.63) is 0 Å². The maximum absolute atomic E-state index is 11.6. The molecule has 66 heavy (non-hydrogen) atoms. The van der Waals surface area contributed by atoms with Crippen molar-refractivity contribution in [1.82, 2.24) is 9.80 Å². The minimum atomic E-state index is -0.239. The van der Waals surface area contributed by atoms with Gasteiger partial charge in [0.05, 0.1) is 6.10 Å². The highest BCUT2D eigenvalue weighted by atomic mass is 16.5. The number of hydrogen-bond donors (Lipinski definition) is 1. The van der Waals surface area contributed by atoms with Crippen LogP contribution in [0.25, 0.3) is 0 Å². The van der Waals surface area contributed by atoms with Crippen molar-refractivity contribution < 1.29 is 9.84 Å². The summed E-state index contributed by atoms with van der Waals surface area (Å²) >= 11 is 0. The van der Waals surface area contributed by atoms with Crippen molar-refractivity contribution in [3.63, 3.8) is 0 Å². The van der Waals surface area contributed by atoms with E-state index in [4.69, 9.17) is 4.74 Å². The Morgan fingerprint density at radius 3 is 0.742 bits per heavy atom. The van der Waals surface area contributed by atoms with Gasteiger partial charge < -0.3 is 19.6 Å². The zero-order valence-electron chi connectivity index (χ0n) is 46.8. The van der Waals surface area contributed by atoms with Crippen LogP contribution in [0.1, 0.15) is 336 Å². The molecule has 1 unspecified atom stereocenters. The fourth-order valence-corrected chi connectivity index (χ4v) is 10.5. The third kappa shape index (κ3) is 51.7. The molecule has 0 spiro atoms. The molecule has 0 saturated carbocycles. The van der Waals surface area contributed by atoms with Crippen molar-refractivity contribution in [1.29, 1.82) is 0 Å². The van der Waals surface area contributed by atoms with E-state index in [1.807, 2.05) is 0 Å². The number of hydrogen-bond acceptors (Lipinski definition) is 4. The van der Waals surface area contributed by atoms with Crippen molar-refractivity contribution in [2.75, 3.05) is 52.5 Å². The fourth-order valence-electron chi connectivity index (χ4n) is 10.5. The number of ether oxygens (including phenoxy) is 1. The second-order valence-electron chi connectivity index (χ2n) is 21.9. The van der Waals surface area contributed by atoms with Gasteiger partial charge in [0.15, 0.2) is 0 Å². The van der Waals surface area contributed by atoms with Crippen molar-refractivity contribution in [2.24, 2.45) is 5.92 Å². The minimum Gasteiger partial charge on any atom is -0.390 e. The third-order valence-electron chi connectivity index (χ3n) is 15.0. The van der Waals surface area contributed by atoms with E-state index >= 15 is 0 Å². The van der Waals surface area contributed by atoms with Crippen LogP contribution in [0.2, 0.25) is 0 Å². The summed E-state index contributed by atoms with van der Waals surface area (Å²) in [7, 11) is 0. The molecule has 0 aliphatic carbocycles. The Bertz CT molecular complexity index is 838. The SMILES string of the molecule is CCCCCCCCCOCCCCCCCCN(CCCCCCCC)CC(O)CN(CCCCCCCC)CCCCCCCCCC(CCCCCCCC)CCCCCCCC. The average Bonchev–Trinajstić information content (AvgIpc) is 3.32. The fraction of sp³-hybridized carbons (Fsp3) is 1.00. The zero-order chi connectivity index (χ0) is 47.9. The Morgan fingerprint density at radius 2 is 0.485 bits per heavy atom. The van der Waals surface area contributed by atoms with Gasteiger partial charge in [-0.2, -0.15) is 0 Å². The molecule has 0 fully saturated rings. The Balaban J connectivity index is 4.72. The van der Waals surface area contributed by atoms with Crippen LogP contribution in [-0.2, 0) is 4.74 Å². The molecule has 0 aromatic carbocycles. The summed E-state index contributed by atoms with van der Waals surface area (Å²) < 4.78 is 5.95. The van der Waals surface area contributed by atoms with Gasteiger partial charge in [-0.05, 0) is 70.6 Å². The highest BCUT2D eigenvalue weighted by Gasteiger charge is 2.16. The normalized spacial score (nSPS) is 12.5. The van der Waals surface area contributed by atoms with Gasteiger partial charge in [-0.25, -0.2) is 0 Å². The van der Waals surface area contributed by atoms with Crippen molar-refractivity contribution in [3.8, 4) is 0 Å². The van der Waals surface area contributed by atoms with Gasteiger partial charge in [0, 0.05) is 26.3 Å². The molecule has 0 aliphatic rings. The quantitative estimate of drug-likeness (QED) is 0.0617. The highest BCUT2D eigenvalue weighted by Crippen LogP contribution is 2.25. The number of rotatable bonds is 59. The smallest absolute Gasteiger partial charge is 0.0793 e. The van der Waals surface area contributed by atoms with Crippen LogP contribution >= 0.6 is 0 Å². The lowest BCUT2D eigenvalue weighted by Gasteiger charge is -2.29.